The zero-order valence-electron chi connectivity index (χ0n) is 22.3. The van der Waals surface area contributed by atoms with Gasteiger partial charge in [-0.1, -0.05) is 63.2 Å². The Morgan fingerprint density at radius 1 is 0.947 bits per heavy atom. The molecule has 3 aromatic carbocycles. The van der Waals surface area contributed by atoms with Crippen LogP contribution in [0, 0.1) is 0 Å². The number of aliphatic hydroxyl groups is 1. The number of hydrogen-bond donors (Lipinski definition) is 2. The van der Waals surface area contributed by atoms with E-state index >= 15 is 0 Å². The van der Waals surface area contributed by atoms with Crippen LogP contribution in [0.25, 0.3) is 16.7 Å². The summed E-state index contributed by atoms with van der Waals surface area (Å²) >= 11 is 0. The predicted octanol–water partition coefficient (Wildman–Crippen LogP) is 6.88. The van der Waals surface area contributed by atoms with Gasteiger partial charge >= 0.3 is 0 Å². The average molecular weight is 509 g/mol. The van der Waals surface area contributed by atoms with Crippen LogP contribution in [-0.4, -0.2) is 27.9 Å². The van der Waals surface area contributed by atoms with Crippen LogP contribution in [0.15, 0.2) is 84.6 Å². The number of aromatic amines is 1. The van der Waals surface area contributed by atoms with Crippen LogP contribution in [0.4, 0.5) is 5.69 Å². The fourth-order valence-electron chi connectivity index (χ4n) is 4.95. The first-order valence-electron chi connectivity index (χ1n) is 12.8. The Kier molecular flexibility index (Phi) is 6.35. The van der Waals surface area contributed by atoms with Crippen molar-refractivity contribution in [3.63, 3.8) is 0 Å². The number of aromatic nitrogens is 1. The number of nitrogens with zero attached hydrogens (tertiary/aromatic N) is 1. The summed E-state index contributed by atoms with van der Waals surface area (Å²) in [5.41, 5.74) is 3.69. The number of fused-ring (bicyclic) bond motifs is 1. The number of carbonyl (C=O) groups excluding carboxylic acids is 2. The van der Waals surface area contributed by atoms with Crippen molar-refractivity contribution in [3.8, 4) is 5.75 Å². The van der Waals surface area contributed by atoms with Crippen LogP contribution in [-0.2, 0) is 15.0 Å². The van der Waals surface area contributed by atoms with Gasteiger partial charge in [-0.3, -0.25) is 14.5 Å². The summed E-state index contributed by atoms with van der Waals surface area (Å²) < 4.78 is 5.80. The maximum absolute atomic E-state index is 13.5. The van der Waals surface area contributed by atoms with Crippen molar-refractivity contribution in [2.24, 2.45) is 0 Å². The van der Waals surface area contributed by atoms with Crippen LogP contribution in [0.3, 0.4) is 0 Å². The fraction of sp³-hybridized carbons (Fsp3) is 0.250. The second-order valence-electron chi connectivity index (χ2n) is 10.9. The first-order chi connectivity index (χ1) is 18.1. The first kappa shape index (κ1) is 25.3. The molecular weight excluding hydrogens is 476 g/mol. The van der Waals surface area contributed by atoms with Gasteiger partial charge in [-0.05, 0) is 60.7 Å². The zero-order chi connectivity index (χ0) is 27.2. The van der Waals surface area contributed by atoms with E-state index in [1.54, 1.807) is 6.20 Å². The lowest BCUT2D eigenvalue weighted by atomic mass is 9.87. The minimum absolute atomic E-state index is 0.00897. The van der Waals surface area contributed by atoms with Crippen molar-refractivity contribution in [1.29, 1.82) is 0 Å². The average Bonchev–Trinajstić information content (AvgIpc) is 3.42. The van der Waals surface area contributed by atoms with Crippen LogP contribution in [0.5, 0.6) is 5.75 Å². The third-order valence-electron chi connectivity index (χ3n) is 6.87. The summed E-state index contributed by atoms with van der Waals surface area (Å²) in [6.45, 7) is 10.3. The second-order valence-corrected chi connectivity index (χ2v) is 10.9. The molecule has 0 spiro atoms. The summed E-state index contributed by atoms with van der Waals surface area (Å²) in [6.07, 6.45) is 1.68. The Morgan fingerprint density at radius 2 is 1.61 bits per heavy atom. The van der Waals surface area contributed by atoms with Gasteiger partial charge in [-0.2, -0.15) is 0 Å². The third-order valence-corrected chi connectivity index (χ3v) is 6.87. The van der Waals surface area contributed by atoms with Crippen molar-refractivity contribution < 1.29 is 19.4 Å². The predicted molar refractivity (Wildman–Crippen MR) is 150 cm³/mol. The molecule has 2 heterocycles. The van der Waals surface area contributed by atoms with Crippen LogP contribution in [0.2, 0.25) is 0 Å². The molecule has 5 rings (SSSR count). The van der Waals surface area contributed by atoms with Crippen molar-refractivity contribution in [3.05, 3.63) is 101 Å². The van der Waals surface area contributed by atoms with Gasteiger partial charge in [-0.15, -0.1) is 0 Å². The molecular formula is C32H32N2O4. The van der Waals surface area contributed by atoms with E-state index < -0.39 is 17.7 Å². The van der Waals surface area contributed by atoms with E-state index in [2.05, 4.69) is 25.8 Å². The lowest BCUT2D eigenvalue weighted by Crippen LogP contribution is -2.29. The van der Waals surface area contributed by atoms with Crippen LogP contribution < -0.4 is 9.64 Å². The van der Waals surface area contributed by atoms with Crippen molar-refractivity contribution in [2.45, 2.75) is 52.2 Å². The maximum atomic E-state index is 13.5. The number of benzene rings is 3. The number of aliphatic hydroxyl groups excluding tert-OH is 1. The van der Waals surface area contributed by atoms with Crippen LogP contribution in [0.1, 0.15) is 57.4 Å². The number of carbonyl (C=O) groups is 2. The van der Waals surface area contributed by atoms with Crippen LogP contribution >= 0.6 is 0 Å². The molecule has 38 heavy (non-hydrogen) atoms. The van der Waals surface area contributed by atoms with Gasteiger partial charge in [0.25, 0.3) is 11.7 Å². The minimum atomic E-state index is -0.808. The fourth-order valence-corrected chi connectivity index (χ4v) is 4.95. The van der Waals surface area contributed by atoms with E-state index in [1.807, 2.05) is 86.6 Å². The van der Waals surface area contributed by atoms with Gasteiger partial charge in [0.05, 0.1) is 17.7 Å². The molecule has 0 bridgehead atoms. The van der Waals surface area contributed by atoms with E-state index in [4.69, 9.17) is 4.74 Å². The van der Waals surface area contributed by atoms with Gasteiger partial charge in [0.1, 0.15) is 11.5 Å². The number of ketones is 1. The monoisotopic (exact) mass is 508 g/mol. The number of nitrogens with one attached hydrogen (secondary N) is 1. The highest BCUT2D eigenvalue weighted by Gasteiger charge is 2.47. The highest BCUT2D eigenvalue weighted by atomic mass is 16.5. The number of rotatable bonds is 5. The van der Waals surface area contributed by atoms with Gasteiger partial charge in [-0.25, -0.2) is 0 Å². The molecule has 1 aromatic heterocycles. The third kappa shape index (κ3) is 4.47. The molecule has 0 radical (unpaired) electrons. The summed E-state index contributed by atoms with van der Waals surface area (Å²) in [6, 6.07) is 21.7. The maximum Gasteiger partial charge on any atom is 0.300 e. The summed E-state index contributed by atoms with van der Waals surface area (Å²) in [5, 5.41) is 12.3. The van der Waals surface area contributed by atoms with Crippen molar-refractivity contribution in [2.75, 3.05) is 4.90 Å². The molecule has 0 aliphatic carbocycles. The Morgan fingerprint density at radius 3 is 2.24 bits per heavy atom. The quantitative estimate of drug-likeness (QED) is 0.175. The molecule has 2 N–H and O–H groups in total. The zero-order valence-corrected chi connectivity index (χ0v) is 22.3. The Hall–Kier alpha value is -4.32. The largest absolute Gasteiger partial charge is 0.507 e. The number of amides is 1. The number of anilines is 1. The Balaban J connectivity index is 1.68. The Labute approximate surface area is 222 Å². The van der Waals surface area contributed by atoms with E-state index in [1.165, 1.54) is 4.90 Å². The molecule has 6 nitrogen and oxygen atoms in total. The second kappa shape index (κ2) is 9.53. The van der Waals surface area contributed by atoms with E-state index in [-0.39, 0.29) is 22.9 Å². The normalized spacial score (nSPS) is 17.5. The summed E-state index contributed by atoms with van der Waals surface area (Å²) in [7, 11) is 0. The molecule has 0 saturated carbocycles. The van der Waals surface area contributed by atoms with Crippen molar-refractivity contribution >= 4 is 34.0 Å². The highest BCUT2D eigenvalue weighted by Crippen LogP contribution is 2.43. The highest BCUT2D eigenvalue weighted by molar-refractivity contribution is 6.51. The van der Waals surface area contributed by atoms with Gasteiger partial charge in [0.2, 0.25) is 0 Å². The minimum Gasteiger partial charge on any atom is -0.507 e. The molecule has 1 aliphatic rings. The number of H-pyrrole nitrogens is 1. The standard InChI is InChI=1S/C32H32N2O4/c1-19(2)38-23-16-10-20(11-17-23)28-27(29(35)25-18-33-26-9-7-6-8-24(25)26)30(36)31(37)34(28)22-14-12-21(13-15-22)32(3,4)5/h6-19,28,33,35H,1-5H3/b29-27-. The number of ether oxygens (including phenoxy) is 1. The molecule has 1 amide bonds. The lowest BCUT2D eigenvalue weighted by molar-refractivity contribution is -0.132. The molecule has 6 heteroatoms. The molecule has 194 valence electrons. The molecule has 1 fully saturated rings. The van der Waals surface area contributed by atoms with Gasteiger partial charge < -0.3 is 14.8 Å². The van der Waals surface area contributed by atoms with E-state index in [9.17, 15) is 14.7 Å². The first-order valence-corrected chi connectivity index (χ1v) is 12.8. The molecule has 1 unspecified atom stereocenters. The van der Waals surface area contributed by atoms with Gasteiger partial charge in [0.15, 0.2) is 0 Å². The topological polar surface area (TPSA) is 82.6 Å². The van der Waals surface area contributed by atoms with Crippen molar-refractivity contribution in [1.82, 2.24) is 4.98 Å². The summed E-state index contributed by atoms with van der Waals surface area (Å²) in [4.78, 5) is 31.7. The number of Topliss-reactive ketones (excluding diaryl/α,β-unsaturated/α-hetero) is 1. The molecule has 4 aromatic rings. The Bertz CT molecular complexity index is 1540. The molecule has 1 aliphatic heterocycles. The van der Waals surface area contributed by atoms with E-state index in [0.717, 1.165) is 16.5 Å². The number of hydrogen-bond acceptors (Lipinski definition) is 4. The molecule has 1 saturated heterocycles. The van der Waals surface area contributed by atoms with Gasteiger partial charge in [0, 0.05) is 28.4 Å². The smallest absolute Gasteiger partial charge is 0.300 e. The number of para-hydroxylation sites is 1. The molecule has 1 atom stereocenters. The SMILES string of the molecule is CC(C)Oc1ccc(C2/C(=C(/O)c3c[nH]c4ccccc34)C(=O)C(=O)N2c2ccc(C(C)(C)C)cc2)cc1. The lowest BCUT2D eigenvalue weighted by Gasteiger charge is -2.27. The van der Waals surface area contributed by atoms with E-state index in [0.29, 0.717) is 22.6 Å². The summed E-state index contributed by atoms with van der Waals surface area (Å²) in [5.74, 6) is -0.920.